The predicted octanol–water partition coefficient (Wildman–Crippen LogP) is 3.84. The Bertz CT molecular complexity index is 1190. The first-order valence-electron chi connectivity index (χ1n) is 7.51. The number of hydrogen-bond donors (Lipinski definition) is 0. The summed E-state index contributed by atoms with van der Waals surface area (Å²) in [5, 5.41) is 2.79. The molecular formula is C19H12O5. The zero-order chi connectivity index (χ0) is 16.3. The second kappa shape index (κ2) is 4.64. The van der Waals surface area contributed by atoms with Gasteiger partial charge in [0.1, 0.15) is 16.9 Å². The van der Waals surface area contributed by atoms with Gasteiger partial charge in [-0.2, -0.15) is 0 Å². The molecule has 0 saturated carbocycles. The number of ether oxygens (including phenoxy) is 3. The van der Waals surface area contributed by atoms with Crippen LogP contribution in [0.1, 0.15) is 0 Å². The standard InChI is InChI=1S/C19H12O5/c1-21-11-3-5-15-14(7-11)18(20)12-4-2-10-6-16-17(23-9-22-16)8-13(10)19(12)24-15/h2-8H,9H2,1H3. The van der Waals surface area contributed by atoms with E-state index < -0.39 is 0 Å². The highest BCUT2D eigenvalue weighted by atomic mass is 16.7. The van der Waals surface area contributed by atoms with Crippen molar-refractivity contribution in [1.29, 1.82) is 0 Å². The van der Waals surface area contributed by atoms with Crippen LogP contribution in [-0.2, 0) is 0 Å². The Hall–Kier alpha value is -3.21. The molecule has 24 heavy (non-hydrogen) atoms. The van der Waals surface area contributed by atoms with Crippen molar-refractivity contribution in [3.63, 3.8) is 0 Å². The van der Waals surface area contributed by atoms with Crippen LogP contribution in [0, 0.1) is 0 Å². The quantitative estimate of drug-likeness (QED) is 0.394. The molecule has 1 aliphatic rings. The lowest BCUT2D eigenvalue weighted by Crippen LogP contribution is -2.02. The highest BCUT2D eigenvalue weighted by Crippen LogP contribution is 2.38. The van der Waals surface area contributed by atoms with Crippen LogP contribution in [0.15, 0.2) is 51.7 Å². The molecule has 0 amide bonds. The van der Waals surface area contributed by atoms with Crippen LogP contribution in [0.2, 0.25) is 0 Å². The first-order valence-corrected chi connectivity index (χ1v) is 7.51. The second-order valence-electron chi connectivity index (χ2n) is 5.66. The second-order valence-corrected chi connectivity index (χ2v) is 5.66. The molecule has 0 N–H and O–H groups in total. The minimum atomic E-state index is -0.0790. The zero-order valence-electron chi connectivity index (χ0n) is 12.8. The average molecular weight is 320 g/mol. The fourth-order valence-corrected chi connectivity index (χ4v) is 3.13. The molecule has 1 aromatic heterocycles. The Labute approximate surface area is 136 Å². The third kappa shape index (κ3) is 1.72. The summed E-state index contributed by atoms with van der Waals surface area (Å²) in [5.41, 5.74) is 0.997. The summed E-state index contributed by atoms with van der Waals surface area (Å²) in [4.78, 5) is 12.9. The van der Waals surface area contributed by atoms with E-state index in [0.717, 1.165) is 10.8 Å². The van der Waals surface area contributed by atoms with Gasteiger partial charge < -0.3 is 18.6 Å². The van der Waals surface area contributed by atoms with Gasteiger partial charge in [-0.25, -0.2) is 0 Å². The Kier molecular flexibility index (Phi) is 2.56. The van der Waals surface area contributed by atoms with Gasteiger partial charge in [-0.15, -0.1) is 0 Å². The normalized spacial score (nSPS) is 13.0. The molecule has 0 radical (unpaired) electrons. The van der Waals surface area contributed by atoms with Gasteiger partial charge in [0, 0.05) is 5.39 Å². The summed E-state index contributed by atoms with van der Waals surface area (Å²) >= 11 is 0. The van der Waals surface area contributed by atoms with Crippen molar-refractivity contribution in [2.24, 2.45) is 0 Å². The van der Waals surface area contributed by atoms with Crippen molar-refractivity contribution in [2.75, 3.05) is 13.9 Å². The van der Waals surface area contributed by atoms with Crippen LogP contribution < -0.4 is 19.6 Å². The van der Waals surface area contributed by atoms with E-state index in [0.29, 0.717) is 39.2 Å². The van der Waals surface area contributed by atoms with Gasteiger partial charge in [-0.1, -0.05) is 6.07 Å². The first-order chi connectivity index (χ1) is 11.7. The Morgan fingerprint density at radius 2 is 1.75 bits per heavy atom. The molecule has 1 aliphatic heterocycles. The average Bonchev–Trinajstić information content (AvgIpc) is 3.07. The third-order valence-electron chi connectivity index (χ3n) is 4.35. The summed E-state index contributed by atoms with van der Waals surface area (Å²) in [5.74, 6) is 1.99. The molecule has 0 unspecified atom stereocenters. The van der Waals surface area contributed by atoms with E-state index in [1.165, 1.54) is 0 Å². The van der Waals surface area contributed by atoms with Crippen LogP contribution in [0.5, 0.6) is 17.2 Å². The molecule has 5 nitrogen and oxygen atoms in total. The van der Waals surface area contributed by atoms with Gasteiger partial charge in [0.05, 0.1) is 17.9 Å². The van der Waals surface area contributed by atoms with E-state index in [1.807, 2.05) is 18.2 Å². The van der Waals surface area contributed by atoms with Gasteiger partial charge in [-0.3, -0.25) is 4.79 Å². The molecular weight excluding hydrogens is 308 g/mol. The van der Waals surface area contributed by atoms with Gasteiger partial charge >= 0.3 is 0 Å². The van der Waals surface area contributed by atoms with E-state index in [2.05, 4.69) is 0 Å². The minimum Gasteiger partial charge on any atom is -0.497 e. The number of methoxy groups -OCH3 is 1. The molecule has 0 atom stereocenters. The van der Waals surface area contributed by atoms with Crippen LogP contribution in [0.3, 0.4) is 0 Å². The molecule has 0 bridgehead atoms. The summed E-state index contributed by atoms with van der Waals surface area (Å²) in [7, 11) is 1.57. The molecule has 5 rings (SSSR count). The van der Waals surface area contributed by atoms with Gasteiger partial charge in [0.15, 0.2) is 11.5 Å². The van der Waals surface area contributed by atoms with Gasteiger partial charge in [0.2, 0.25) is 12.2 Å². The number of rotatable bonds is 1. The number of fused-ring (bicyclic) bond motifs is 5. The number of benzene rings is 3. The summed E-state index contributed by atoms with van der Waals surface area (Å²) in [6.07, 6.45) is 0. The maximum atomic E-state index is 12.9. The highest BCUT2D eigenvalue weighted by Gasteiger charge is 2.17. The minimum absolute atomic E-state index is 0.0790. The van der Waals surface area contributed by atoms with Crippen molar-refractivity contribution in [3.05, 3.63) is 52.7 Å². The Morgan fingerprint density at radius 1 is 0.917 bits per heavy atom. The largest absolute Gasteiger partial charge is 0.497 e. The van der Waals surface area contributed by atoms with Crippen molar-refractivity contribution in [3.8, 4) is 17.2 Å². The molecule has 4 aromatic rings. The van der Waals surface area contributed by atoms with Crippen LogP contribution in [-0.4, -0.2) is 13.9 Å². The highest BCUT2D eigenvalue weighted by molar-refractivity contribution is 6.07. The maximum absolute atomic E-state index is 12.9. The fraction of sp³-hybridized carbons (Fsp3) is 0.105. The SMILES string of the molecule is COc1ccc2oc3c(ccc4cc5c(cc43)OCO5)c(=O)c2c1. The predicted molar refractivity (Wildman–Crippen MR) is 90.2 cm³/mol. The van der Waals surface area contributed by atoms with E-state index >= 15 is 0 Å². The lowest BCUT2D eigenvalue weighted by atomic mass is 10.0. The summed E-state index contributed by atoms with van der Waals surface area (Å²) < 4.78 is 22.1. The Balaban J connectivity index is 1.94. The third-order valence-corrected chi connectivity index (χ3v) is 4.35. The number of hydrogen-bond acceptors (Lipinski definition) is 5. The fourth-order valence-electron chi connectivity index (χ4n) is 3.13. The van der Waals surface area contributed by atoms with Crippen LogP contribution in [0.4, 0.5) is 0 Å². The lowest BCUT2D eigenvalue weighted by Gasteiger charge is -2.07. The molecule has 5 heteroatoms. The van der Waals surface area contributed by atoms with E-state index in [9.17, 15) is 4.79 Å². The maximum Gasteiger partial charge on any atom is 0.231 e. The first kappa shape index (κ1) is 13.2. The molecule has 2 heterocycles. The van der Waals surface area contributed by atoms with Crippen LogP contribution >= 0.6 is 0 Å². The van der Waals surface area contributed by atoms with Gasteiger partial charge in [-0.05, 0) is 41.8 Å². The molecule has 0 fully saturated rings. The Morgan fingerprint density at radius 3 is 2.58 bits per heavy atom. The molecule has 0 saturated heterocycles. The molecule has 0 spiro atoms. The topological polar surface area (TPSA) is 57.9 Å². The van der Waals surface area contributed by atoms with Crippen molar-refractivity contribution in [2.45, 2.75) is 0 Å². The smallest absolute Gasteiger partial charge is 0.231 e. The molecule has 118 valence electrons. The van der Waals surface area contributed by atoms with Crippen LogP contribution in [0.25, 0.3) is 32.7 Å². The lowest BCUT2D eigenvalue weighted by molar-refractivity contribution is 0.174. The van der Waals surface area contributed by atoms with Crippen molar-refractivity contribution < 1.29 is 18.6 Å². The summed E-state index contributed by atoms with van der Waals surface area (Å²) in [6, 6.07) is 12.7. The zero-order valence-corrected chi connectivity index (χ0v) is 12.8. The van der Waals surface area contributed by atoms with E-state index in [4.69, 9.17) is 18.6 Å². The van der Waals surface area contributed by atoms with Crippen molar-refractivity contribution >= 4 is 32.7 Å². The van der Waals surface area contributed by atoms with Gasteiger partial charge in [0.25, 0.3) is 0 Å². The monoisotopic (exact) mass is 320 g/mol. The van der Waals surface area contributed by atoms with Crippen molar-refractivity contribution in [1.82, 2.24) is 0 Å². The van der Waals surface area contributed by atoms with E-state index in [1.54, 1.807) is 31.4 Å². The molecule has 3 aromatic carbocycles. The molecule has 0 aliphatic carbocycles. The summed E-state index contributed by atoms with van der Waals surface area (Å²) in [6.45, 7) is 0.205. The van der Waals surface area contributed by atoms with E-state index in [-0.39, 0.29) is 12.2 Å².